The number of nitrogens with one attached hydrogen (secondary N) is 1. The van der Waals surface area contributed by atoms with Crippen molar-refractivity contribution in [3.05, 3.63) is 35.3 Å². The van der Waals surface area contributed by atoms with E-state index in [2.05, 4.69) is 16.0 Å². The summed E-state index contributed by atoms with van der Waals surface area (Å²) in [5.74, 6) is 0.302. The minimum Gasteiger partial charge on any atom is -0.466 e. The minimum atomic E-state index is -0.0877. The van der Waals surface area contributed by atoms with Crippen molar-refractivity contribution in [3.63, 3.8) is 0 Å². The van der Waals surface area contributed by atoms with Gasteiger partial charge in [-0.1, -0.05) is 17.7 Å². The van der Waals surface area contributed by atoms with E-state index in [1.807, 2.05) is 25.4 Å². The number of nitrogens with zero attached hydrogens (tertiary/aromatic N) is 1. The van der Waals surface area contributed by atoms with E-state index in [9.17, 15) is 4.79 Å². The number of hydrogen-bond acceptors (Lipinski definition) is 3. The van der Waals surface area contributed by atoms with Crippen LogP contribution in [0.4, 0.5) is 0 Å². The zero-order valence-corrected chi connectivity index (χ0v) is 13.3. The van der Waals surface area contributed by atoms with Crippen molar-refractivity contribution < 1.29 is 9.53 Å². The second kappa shape index (κ2) is 6.53. The van der Waals surface area contributed by atoms with E-state index in [-0.39, 0.29) is 5.97 Å². The van der Waals surface area contributed by atoms with Crippen molar-refractivity contribution in [1.82, 2.24) is 9.97 Å². The normalized spacial score (nSPS) is 18.3. The van der Waals surface area contributed by atoms with E-state index in [1.54, 1.807) is 0 Å². The Hall–Kier alpha value is -1.81. The van der Waals surface area contributed by atoms with Crippen molar-refractivity contribution in [2.75, 3.05) is 6.61 Å². The van der Waals surface area contributed by atoms with E-state index in [0.717, 1.165) is 30.2 Å². The Morgan fingerprint density at radius 1 is 1.55 bits per heavy atom. The van der Waals surface area contributed by atoms with Crippen molar-refractivity contribution >= 4 is 34.0 Å². The van der Waals surface area contributed by atoms with Gasteiger partial charge in [0.15, 0.2) is 0 Å². The van der Waals surface area contributed by atoms with Gasteiger partial charge in [0.2, 0.25) is 0 Å². The zero-order chi connectivity index (χ0) is 15.5. The molecule has 22 heavy (non-hydrogen) atoms. The number of ether oxygens (including phenoxy) is 1. The first-order chi connectivity index (χ1) is 10.7. The number of fused-ring (bicyclic) bond motifs is 1. The van der Waals surface area contributed by atoms with Crippen LogP contribution < -0.4 is 0 Å². The third-order valence-electron chi connectivity index (χ3n) is 4.16. The summed E-state index contributed by atoms with van der Waals surface area (Å²) >= 11 is 5.92. The highest BCUT2D eigenvalue weighted by Gasteiger charge is 2.20. The lowest BCUT2D eigenvalue weighted by Crippen LogP contribution is -2.13. The summed E-state index contributed by atoms with van der Waals surface area (Å²) in [6.45, 7) is 2.30. The van der Waals surface area contributed by atoms with Crippen LogP contribution in [0.1, 0.15) is 38.2 Å². The van der Waals surface area contributed by atoms with Gasteiger partial charge in [-0.05, 0) is 43.7 Å². The highest BCUT2D eigenvalue weighted by Crippen LogP contribution is 2.35. The molecule has 0 bridgehead atoms. The Bertz CT molecular complexity index is 721. The highest BCUT2D eigenvalue weighted by molar-refractivity contribution is 6.30. The second-order valence-corrected chi connectivity index (χ2v) is 6.02. The lowest BCUT2D eigenvalue weighted by Gasteiger charge is -2.21. The summed E-state index contributed by atoms with van der Waals surface area (Å²) in [6.07, 6.45) is 9.49. The fourth-order valence-electron chi connectivity index (χ4n) is 3.03. The van der Waals surface area contributed by atoms with Gasteiger partial charge in [-0.25, -0.2) is 4.98 Å². The molecule has 0 spiro atoms. The average Bonchev–Trinajstić information content (AvgIpc) is 2.91. The molecule has 2 heterocycles. The molecule has 0 aliphatic heterocycles. The Morgan fingerprint density at radius 2 is 2.41 bits per heavy atom. The first-order valence-corrected chi connectivity index (χ1v) is 8.02. The number of aromatic nitrogens is 2. The molecule has 2 aromatic heterocycles. The number of carbonyl (C=O) groups excluding carboxylic acids is 1. The Labute approximate surface area is 134 Å². The van der Waals surface area contributed by atoms with Crippen molar-refractivity contribution in [3.8, 4) is 0 Å². The lowest BCUT2D eigenvalue weighted by atomic mass is 9.85. The Balaban J connectivity index is 1.73. The molecule has 0 radical (unpaired) electrons. The predicted molar refractivity (Wildman–Crippen MR) is 87.7 cm³/mol. The van der Waals surface area contributed by atoms with Gasteiger partial charge in [0.05, 0.1) is 12.1 Å². The summed E-state index contributed by atoms with van der Waals surface area (Å²) in [5.41, 5.74) is 3.51. The highest BCUT2D eigenvalue weighted by atomic mass is 35.5. The second-order valence-electron chi connectivity index (χ2n) is 5.63. The molecule has 0 amide bonds. The maximum Gasteiger partial charge on any atom is 0.306 e. The molecular weight excluding hydrogens is 300 g/mol. The molecule has 4 nitrogen and oxygen atoms in total. The fourth-order valence-corrected chi connectivity index (χ4v) is 3.19. The summed E-state index contributed by atoms with van der Waals surface area (Å²) in [4.78, 5) is 19.0. The number of esters is 1. The van der Waals surface area contributed by atoms with Crippen LogP contribution in [0.15, 0.2) is 24.5 Å². The molecule has 0 aromatic carbocycles. The van der Waals surface area contributed by atoms with Crippen molar-refractivity contribution in [2.45, 2.75) is 32.6 Å². The Morgan fingerprint density at radius 3 is 3.14 bits per heavy atom. The van der Waals surface area contributed by atoms with Gasteiger partial charge >= 0.3 is 5.97 Å². The predicted octanol–water partition coefficient (Wildman–Crippen LogP) is 4.35. The van der Waals surface area contributed by atoms with Gasteiger partial charge in [0, 0.05) is 29.8 Å². The summed E-state index contributed by atoms with van der Waals surface area (Å²) in [7, 11) is 0. The van der Waals surface area contributed by atoms with Crippen LogP contribution in [0.3, 0.4) is 0 Å². The number of rotatable bonds is 4. The molecule has 116 valence electrons. The first kappa shape index (κ1) is 15.1. The number of halogens is 1. The van der Waals surface area contributed by atoms with Crippen LogP contribution in [-0.4, -0.2) is 22.5 Å². The van der Waals surface area contributed by atoms with Gasteiger partial charge in [0.1, 0.15) is 5.15 Å². The number of aromatic amines is 1. The summed E-state index contributed by atoms with van der Waals surface area (Å²) < 4.78 is 5.03. The van der Waals surface area contributed by atoms with E-state index in [0.29, 0.717) is 24.1 Å². The standard InChI is InChI=1S/C17H19ClN2O2/c1-2-22-17(21)7-11-3-5-12(6-4-11)13-9-19-15-8-16(18)20-10-14(13)15/h5,8-11,19H,2-4,6-7H2,1H3. The maximum absolute atomic E-state index is 11.6. The molecule has 0 saturated carbocycles. The molecular formula is C17H19ClN2O2. The number of carbonyl (C=O) groups is 1. The molecule has 2 aromatic rings. The maximum atomic E-state index is 11.6. The average molecular weight is 319 g/mol. The lowest BCUT2D eigenvalue weighted by molar-refractivity contribution is -0.144. The smallest absolute Gasteiger partial charge is 0.306 e. The summed E-state index contributed by atoms with van der Waals surface area (Å²) in [5, 5.41) is 1.59. The van der Waals surface area contributed by atoms with Gasteiger partial charge in [-0.15, -0.1) is 0 Å². The van der Waals surface area contributed by atoms with Crippen LogP contribution in [0.25, 0.3) is 16.5 Å². The number of pyridine rings is 1. The molecule has 1 aliphatic rings. The van der Waals surface area contributed by atoms with E-state index < -0.39 is 0 Å². The number of hydrogen-bond donors (Lipinski definition) is 1. The van der Waals surface area contributed by atoms with Crippen LogP contribution in [0.5, 0.6) is 0 Å². The monoisotopic (exact) mass is 318 g/mol. The third-order valence-corrected chi connectivity index (χ3v) is 4.37. The van der Waals surface area contributed by atoms with Gasteiger partial charge in [-0.2, -0.15) is 0 Å². The van der Waals surface area contributed by atoms with Crippen LogP contribution in [-0.2, 0) is 9.53 Å². The van der Waals surface area contributed by atoms with E-state index >= 15 is 0 Å². The first-order valence-electron chi connectivity index (χ1n) is 7.65. The molecule has 0 fully saturated rings. The number of H-pyrrole nitrogens is 1. The minimum absolute atomic E-state index is 0.0877. The molecule has 1 aliphatic carbocycles. The zero-order valence-electron chi connectivity index (χ0n) is 12.6. The third kappa shape index (κ3) is 3.17. The van der Waals surface area contributed by atoms with Gasteiger partial charge < -0.3 is 9.72 Å². The van der Waals surface area contributed by atoms with Gasteiger partial charge in [0.25, 0.3) is 0 Å². The van der Waals surface area contributed by atoms with Crippen LogP contribution >= 0.6 is 11.6 Å². The largest absolute Gasteiger partial charge is 0.466 e. The SMILES string of the molecule is CCOC(=O)CC1CC=C(c2c[nH]c3cc(Cl)ncc23)CC1. The van der Waals surface area contributed by atoms with Crippen molar-refractivity contribution in [1.29, 1.82) is 0 Å². The fraction of sp³-hybridized carbons (Fsp3) is 0.412. The van der Waals surface area contributed by atoms with Crippen LogP contribution in [0.2, 0.25) is 5.15 Å². The molecule has 1 N–H and O–H groups in total. The van der Waals surface area contributed by atoms with E-state index in [4.69, 9.17) is 16.3 Å². The molecule has 1 unspecified atom stereocenters. The summed E-state index contributed by atoms with van der Waals surface area (Å²) in [6, 6.07) is 1.84. The molecule has 3 rings (SSSR count). The number of allylic oxidation sites excluding steroid dienone is 2. The topological polar surface area (TPSA) is 55.0 Å². The Kier molecular flexibility index (Phi) is 4.48. The van der Waals surface area contributed by atoms with Crippen molar-refractivity contribution in [2.24, 2.45) is 5.92 Å². The molecule has 5 heteroatoms. The molecule has 0 saturated heterocycles. The van der Waals surface area contributed by atoms with Gasteiger partial charge in [-0.3, -0.25) is 4.79 Å². The molecule has 1 atom stereocenters. The van der Waals surface area contributed by atoms with Crippen LogP contribution in [0, 0.1) is 5.92 Å². The quantitative estimate of drug-likeness (QED) is 0.673. The van der Waals surface area contributed by atoms with E-state index in [1.165, 1.54) is 11.1 Å².